The van der Waals surface area contributed by atoms with Gasteiger partial charge >= 0.3 is 0 Å². The van der Waals surface area contributed by atoms with Crippen LogP contribution in [0.4, 0.5) is 5.69 Å². The van der Waals surface area contributed by atoms with Gasteiger partial charge in [0.15, 0.2) is 0 Å². The van der Waals surface area contributed by atoms with Crippen molar-refractivity contribution in [1.29, 1.82) is 0 Å². The average Bonchev–Trinajstić information content (AvgIpc) is 2.84. The zero-order valence-corrected chi connectivity index (χ0v) is 18.7. The lowest BCUT2D eigenvalue weighted by molar-refractivity contribution is 0.0729. The molecule has 0 radical (unpaired) electrons. The highest BCUT2D eigenvalue weighted by Crippen LogP contribution is 2.25. The molecule has 0 N–H and O–H groups in total. The second-order valence-electron chi connectivity index (χ2n) is 7.81. The van der Waals surface area contributed by atoms with E-state index in [2.05, 4.69) is 17.0 Å². The van der Waals surface area contributed by atoms with Gasteiger partial charge in [-0.2, -0.15) is 4.31 Å². The van der Waals surface area contributed by atoms with Gasteiger partial charge in [-0.25, -0.2) is 8.42 Å². The van der Waals surface area contributed by atoms with Crippen LogP contribution in [0.15, 0.2) is 53.4 Å². The van der Waals surface area contributed by atoms with Crippen molar-refractivity contribution in [2.24, 2.45) is 0 Å². The third-order valence-corrected chi connectivity index (χ3v) is 7.95. The molecule has 7 nitrogen and oxygen atoms in total. The van der Waals surface area contributed by atoms with Crippen molar-refractivity contribution in [3.63, 3.8) is 0 Å². The fourth-order valence-corrected chi connectivity index (χ4v) is 5.86. The zero-order chi connectivity index (χ0) is 21.8. The molecule has 2 fully saturated rings. The maximum absolute atomic E-state index is 13.3. The number of ether oxygens (including phenoxy) is 1. The Balaban J connectivity index is 1.52. The van der Waals surface area contributed by atoms with E-state index in [4.69, 9.17) is 4.74 Å². The van der Waals surface area contributed by atoms with E-state index in [9.17, 15) is 13.2 Å². The number of anilines is 1. The summed E-state index contributed by atoms with van der Waals surface area (Å²) >= 11 is 0. The lowest BCUT2D eigenvalue weighted by Crippen LogP contribution is -2.48. The molecule has 0 aliphatic carbocycles. The van der Waals surface area contributed by atoms with Crippen molar-refractivity contribution in [2.45, 2.75) is 18.2 Å². The summed E-state index contributed by atoms with van der Waals surface area (Å²) in [5.41, 5.74) is 2.31. The van der Waals surface area contributed by atoms with E-state index in [1.807, 2.05) is 30.0 Å². The lowest BCUT2D eigenvalue weighted by atomic mass is 10.1. The summed E-state index contributed by atoms with van der Waals surface area (Å²) in [6.45, 7) is 6.11. The topological polar surface area (TPSA) is 70.2 Å². The van der Waals surface area contributed by atoms with Crippen LogP contribution in [0, 0.1) is 0 Å². The van der Waals surface area contributed by atoms with Gasteiger partial charge in [0.05, 0.1) is 18.1 Å². The van der Waals surface area contributed by atoms with Crippen molar-refractivity contribution in [3.05, 3.63) is 59.7 Å². The molecule has 2 aliphatic rings. The van der Waals surface area contributed by atoms with Gasteiger partial charge < -0.3 is 14.5 Å². The Kier molecular flexibility index (Phi) is 6.60. The fraction of sp³-hybridized carbons (Fsp3) is 0.435. The molecule has 166 valence electrons. The molecule has 0 saturated carbocycles. The van der Waals surface area contributed by atoms with E-state index in [0.29, 0.717) is 51.4 Å². The standard InChI is InChI=1S/C23H29N3O4S/c1-2-19-8-9-20(18-22(19)31(28,29)26-14-16-30-17-15-26)23(27)25-12-10-24(11-13-25)21-6-4-3-5-7-21/h3-9,18H,2,10-17H2,1H3. The van der Waals surface area contributed by atoms with E-state index in [1.54, 1.807) is 18.2 Å². The summed E-state index contributed by atoms with van der Waals surface area (Å²) in [5, 5.41) is 0. The number of hydrogen-bond donors (Lipinski definition) is 0. The largest absolute Gasteiger partial charge is 0.379 e. The Bertz CT molecular complexity index is 1010. The number of para-hydroxylation sites is 1. The molecule has 2 saturated heterocycles. The number of sulfonamides is 1. The predicted molar refractivity (Wildman–Crippen MR) is 120 cm³/mol. The van der Waals surface area contributed by atoms with Crippen molar-refractivity contribution in [3.8, 4) is 0 Å². The number of hydrogen-bond acceptors (Lipinski definition) is 5. The molecule has 0 bridgehead atoms. The van der Waals surface area contributed by atoms with Crippen LogP contribution in [-0.4, -0.2) is 76.0 Å². The third-order valence-electron chi connectivity index (χ3n) is 5.97. The Hall–Kier alpha value is -2.42. The normalized spacial score (nSPS) is 18.2. The molecule has 1 amide bonds. The number of carbonyl (C=O) groups is 1. The summed E-state index contributed by atoms with van der Waals surface area (Å²) in [6.07, 6.45) is 0.586. The number of piperazine rings is 1. The first kappa shape index (κ1) is 21.8. The third kappa shape index (κ3) is 4.61. The van der Waals surface area contributed by atoms with Crippen LogP contribution in [0.2, 0.25) is 0 Å². The molecule has 8 heteroatoms. The van der Waals surface area contributed by atoms with Crippen molar-refractivity contribution >= 4 is 21.6 Å². The van der Waals surface area contributed by atoms with Crippen LogP contribution in [0.1, 0.15) is 22.8 Å². The second-order valence-corrected chi connectivity index (χ2v) is 9.71. The molecule has 0 spiro atoms. The highest BCUT2D eigenvalue weighted by atomic mass is 32.2. The predicted octanol–water partition coefficient (Wildman–Crippen LogP) is 2.23. The molecular formula is C23H29N3O4S. The Labute approximate surface area is 184 Å². The SMILES string of the molecule is CCc1ccc(C(=O)N2CCN(c3ccccc3)CC2)cc1S(=O)(=O)N1CCOCC1. The summed E-state index contributed by atoms with van der Waals surface area (Å²) < 4.78 is 33.3. The number of carbonyl (C=O) groups excluding carboxylic acids is 1. The van der Waals surface area contributed by atoms with Crippen LogP contribution in [0.5, 0.6) is 0 Å². The van der Waals surface area contributed by atoms with E-state index in [-0.39, 0.29) is 10.8 Å². The smallest absolute Gasteiger partial charge is 0.254 e. The quantitative estimate of drug-likeness (QED) is 0.709. The molecule has 0 unspecified atom stereocenters. The van der Waals surface area contributed by atoms with Gasteiger partial charge in [-0.1, -0.05) is 31.2 Å². The van der Waals surface area contributed by atoms with Gasteiger partial charge in [0.2, 0.25) is 10.0 Å². The molecule has 2 aliphatic heterocycles. The molecular weight excluding hydrogens is 414 g/mol. The van der Waals surface area contributed by atoms with Gasteiger partial charge in [-0.15, -0.1) is 0 Å². The van der Waals surface area contributed by atoms with Gasteiger partial charge in [0.25, 0.3) is 5.91 Å². The molecule has 31 heavy (non-hydrogen) atoms. The Morgan fingerprint density at radius 1 is 0.935 bits per heavy atom. The van der Waals surface area contributed by atoms with Gasteiger partial charge in [-0.3, -0.25) is 4.79 Å². The van der Waals surface area contributed by atoms with E-state index in [0.717, 1.165) is 24.3 Å². The van der Waals surface area contributed by atoms with Crippen LogP contribution in [0.25, 0.3) is 0 Å². The Morgan fingerprint density at radius 3 is 2.26 bits per heavy atom. The number of aryl methyl sites for hydroxylation is 1. The summed E-state index contributed by atoms with van der Waals surface area (Å²) in [6, 6.07) is 15.3. The minimum absolute atomic E-state index is 0.117. The number of morpholine rings is 1. The monoisotopic (exact) mass is 443 g/mol. The summed E-state index contributed by atoms with van der Waals surface area (Å²) in [5.74, 6) is -0.117. The highest BCUT2D eigenvalue weighted by Gasteiger charge is 2.30. The van der Waals surface area contributed by atoms with Crippen LogP contribution in [-0.2, 0) is 21.2 Å². The number of amides is 1. The molecule has 2 aromatic carbocycles. The first-order valence-corrected chi connectivity index (χ1v) is 12.2. The maximum Gasteiger partial charge on any atom is 0.254 e. The van der Waals surface area contributed by atoms with Crippen molar-refractivity contribution < 1.29 is 17.9 Å². The van der Waals surface area contributed by atoms with E-state index >= 15 is 0 Å². The highest BCUT2D eigenvalue weighted by molar-refractivity contribution is 7.89. The van der Waals surface area contributed by atoms with E-state index < -0.39 is 10.0 Å². The first-order chi connectivity index (χ1) is 15.0. The van der Waals surface area contributed by atoms with Crippen molar-refractivity contribution in [2.75, 3.05) is 57.4 Å². The number of benzene rings is 2. The molecule has 2 aromatic rings. The molecule has 0 atom stereocenters. The molecule has 4 rings (SSSR count). The lowest BCUT2D eigenvalue weighted by Gasteiger charge is -2.36. The molecule has 0 aromatic heterocycles. The van der Waals surface area contributed by atoms with E-state index in [1.165, 1.54) is 4.31 Å². The van der Waals surface area contributed by atoms with Gasteiger partial charge in [0.1, 0.15) is 0 Å². The van der Waals surface area contributed by atoms with Crippen LogP contribution >= 0.6 is 0 Å². The van der Waals surface area contributed by atoms with Gasteiger partial charge in [-0.05, 0) is 36.2 Å². The van der Waals surface area contributed by atoms with Crippen LogP contribution < -0.4 is 4.90 Å². The minimum Gasteiger partial charge on any atom is -0.379 e. The zero-order valence-electron chi connectivity index (χ0n) is 17.9. The maximum atomic E-state index is 13.3. The first-order valence-electron chi connectivity index (χ1n) is 10.8. The average molecular weight is 444 g/mol. The Morgan fingerprint density at radius 2 is 1.61 bits per heavy atom. The molecule has 2 heterocycles. The summed E-state index contributed by atoms with van der Waals surface area (Å²) in [4.78, 5) is 17.5. The minimum atomic E-state index is -3.66. The number of rotatable bonds is 5. The fourth-order valence-electron chi connectivity index (χ4n) is 4.13. The second kappa shape index (κ2) is 9.38. The van der Waals surface area contributed by atoms with Crippen molar-refractivity contribution in [1.82, 2.24) is 9.21 Å². The van der Waals surface area contributed by atoms with Crippen LogP contribution in [0.3, 0.4) is 0 Å². The van der Waals surface area contributed by atoms with Gasteiger partial charge in [0, 0.05) is 50.5 Å². The summed E-state index contributed by atoms with van der Waals surface area (Å²) in [7, 11) is -3.66. The number of nitrogens with zero attached hydrogens (tertiary/aromatic N) is 3.